The summed E-state index contributed by atoms with van der Waals surface area (Å²) in [6.07, 6.45) is 0. The predicted octanol–water partition coefficient (Wildman–Crippen LogP) is 12.7. The first-order chi connectivity index (χ1) is 36.7. The van der Waals surface area contributed by atoms with Crippen LogP contribution in [0.3, 0.4) is 0 Å². The predicted molar refractivity (Wildman–Crippen MR) is 307 cm³/mol. The molecule has 342 valence electrons. The number of fused-ring (bicyclic) bond motifs is 14. The topological polar surface area (TPSA) is 34.8 Å². The molecule has 4 aliphatic rings. The first-order valence-electron chi connectivity index (χ1n) is 25.5. The Morgan fingerprint density at radius 2 is 0.838 bits per heavy atom. The quantitative estimate of drug-likeness (QED) is 0.161. The third kappa shape index (κ3) is 5.41. The summed E-state index contributed by atoms with van der Waals surface area (Å²) >= 11 is 0. The Bertz CT molecular complexity index is 4440. The van der Waals surface area contributed by atoms with Gasteiger partial charge in [0.1, 0.15) is 23.0 Å². The Hall–Kier alpha value is -9.65. The third-order valence-electron chi connectivity index (χ3n) is 16.1. The fourth-order valence-corrected chi connectivity index (χ4v) is 13.2. The summed E-state index contributed by atoms with van der Waals surface area (Å²) in [5.41, 5.74) is 20.6. The lowest BCUT2D eigenvalue weighted by Crippen LogP contribution is -2.63. The molecule has 74 heavy (non-hydrogen) atoms. The molecule has 0 saturated heterocycles. The van der Waals surface area contributed by atoms with Gasteiger partial charge in [0.2, 0.25) is 0 Å². The van der Waals surface area contributed by atoms with Crippen LogP contribution < -0.4 is 52.1 Å². The summed E-state index contributed by atoms with van der Waals surface area (Å²) in [5.74, 6) is 3.27. The van der Waals surface area contributed by atoms with Gasteiger partial charge in [-0.1, -0.05) is 152 Å². The molecule has 2 aromatic heterocycles. The summed E-state index contributed by atoms with van der Waals surface area (Å²) in [5, 5.41) is 4.97. The van der Waals surface area contributed by atoms with Crippen LogP contribution in [0.4, 0.5) is 34.1 Å². The molecule has 0 fully saturated rings. The van der Waals surface area contributed by atoms with Crippen molar-refractivity contribution in [3.8, 4) is 34.4 Å². The van der Waals surface area contributed by atoms with Gasteiger partial charge in [-0.25, -0.2) is 0 Å². The fraction of sp³-hybridized carbons (Fsp3) is 0. The monoisotopic (exact) mass is 942 g/mol. The van der Waals surface area contributed by atoms with E-state index in [0.717, 1.165) is 79.2 Å². The molecule has 0 atom stereocenters. The zero-order chi connectivity index (χ0) is 48.2. The van der Waals surface area contributed by atoms with Gasteiger partial charge in [-0.2, -0.15) is 0 Å². The molecule has 0 bridgehead atoms. The van der Waals surface area contributed by atoms with Gasteiger partial charge in [-0.15, -0.1) is 0 Å². The number of nitrogens with zero attached hydrogens (tertiary/aromatic N) is 4. The highest BCUT2D eigenvalue weighted by Gasteiger charge is 2.47. The van der Waals surface area contributed by atoms with Crippen molar-refractivity contribution in [1.82, 2.24) is 9.13 Å². The SMILES string of the molecule is c1ccc(N(c2ccccc2)c2cc3c4c(c2)Oc2cc5c(cc2B4c2ccccc2O3)B2c3c(cc(-n4c6ccccc6c6ccccc64)cc3-n3c4ccccc4c4cccc2c43)N5c2ccccc2)cc1. The van der Waals surface area contributed by atoms with Crippen molar-refractivity contribution >= 4 is 124 Å². The van der Waals surface area contributed by atoms with Crippen molar-refractivity contribution in [2.75, 3.05) is 9.80 Å². The van der Waals surface area contributed by atoms with Crippen LogP contribution >= 0.6 is 0 Å². The summed E-state index contributed by atoms with van der Waals surface area (Å²) in [4.78, 5) is 4.79. The second-order valence-electron chi connectivity index (χ2n) is 20.0. The van der Waals surface area contributed by atoms with Crippen molar-refractivity contribution in [2.45, 2.75) is 0 Å². The second kappa shape index (κ2) is 14.9. The minimum Gasteiger partial charge on any atom is -0.458 e. The molecule has 17 rings (SSSR count). The summed E-state index contributed by atoms with van der Waals surface area (Å²) in [6.45, 7) is -0.249. The highest BCUT2D eigenvalue weighted by molar-refractivity contribution is 7.02. The molecule has 0 radical (unpaired) electrons. The summed E-state index contributed by atoms with van der Waals surface area (Å²) < 4.78 is 19.5. The molecule has 6 nitrogen and oxygen atoms in total. The van der Waals surface area contributed by atoms with Gasteiger partial charge >= 0.3 is 0 Å². The number of anilines is 6. The highest BCUT2D eigenvalue weighted by Crippen LogP contribution is 2.47. The maximum absolute atomic E-state index is 7.44. The zero-order valence-corrected chi connectivity index (χ0v) is 39.9. The average molecular weight is 943 g/mol. The number of hydrogen-bond donors (Lipinski definition) is 0. The fourth-order valence-electron chi connectivity index (χ4n) is 13.2. The highest BCUT2D eigenvalue weighted by atomic mass is 16.5. The summed E-state index contributed by atoms with van der Waals surface area (Å²) in [7, 11) is 0. The lowest BCUT2D eigenvalue weighted by molar-refractivity contribution is 0.465. The Balaban J connectivity index is 0.964. The van der Waals surface area contributed by atoms with Crippen molar-refractivity contribution in [2.24, 2.45) is 0 Å². The maximum Gasteiger partial charge on any atom is 0.260 e. The number of rotatable bonds is 5. The molecule has 0 N–H and O–H groups in total. The molecule has 11 aromatic carbocycles. The Morgan fingerprint density at radius 1 is 0.311 bits per heavy atom. The van der Waals surface area contributed by atoms with Crippen molar-refractivity contribution in [3.05, 3.63) is 243 Å². The van der Waals surface area contributed by atoms with E-state index < -0.39 is 0 Å². The molecular formula is C66H40B2N4O2. The van der Waals surface area contributed by atoms with Gasteiger partial charge < -0.3 is 28.4 Å². The van der Waals surface area contributed by atoms with Crippen LogP contribution in [0, 0.1) is 0 Å². The third-order valence-corrected chi connectivity index (χ3v) is 16.1. The van der Waals surface area contributed by atoms with Crippen molar-refractivity contribution in [1.29, 1.82) is 0 Å². The van der Waals surface area contributed by atoms with Gasteiger partial charge in [0.15, 0.2) is 0 Å². The van der Waals surface area contributed by atoms with Crippen molar-refractivity contribution < 1.29 is 9.47 Å². The smallest absolute Gasteiger partial charge is 0.260 e. The van der Waals surface area contributed by atoms with Gasteiger partial charge in [-0.3, -0.25) is 0 Å². The molecule has 0 spiro atoms. The van der Waals surface area contributed by atoms with Crippen LogP contribution in [0.15, 0.2) is 243 Å². The van der Waals surface area contributed by atoms with Gasteiger partial charge in [0.25, 0.3) is 13.4 Å². The number of hydrogen-bond acceptors (Lipinski definition) is 4. The van der Waals surface area contributed by atoms with E-state index in [1.54, 1.807) is 0 Å². The number of benzene rings is 11. The van der Waals surface area contributed by atoms with Gasteiger partial charge in [0, 0.05) is 84.8 Å². The largest absolute Gasteiger partial charge is 0.458 e. The van der Waals surface area contributed by atoms with Crippen LogP contribution in [0.5, 0.6) is 23.0 Å². The minimum absolute atomic E-state index is 0.100. The average Bonchev–Trinajstić information content (AvgIpc) is 4.02. The van der Waals surface area contributed by atoms with Crippen LogP contribution in [0.1, 0.15) is 0 Å². The van der Waals surface area contributed by atoms with E-state index in [4.69, 9.17) is 9.47 Å². The Kier molecular flexibility index (Phi) is 8.08. The van der Waals surface area contributed by atoms with Gasteiger partial charge in [0.05, 0.1) is 27.9 Å². The van der Waals surface area contributed by atoms with E-state index in [-0.39, 0.29) is 13.4 Å². The normalized spacial score (nSPS) is 13.3. The molecule has 6 heterocycles. The molecule has 13 aromatic rings. The van der Waals surface area contributed by atoms with Crippen molar-refractivity contribution in [3.63, 3.8) is 0 Å². The molecule has 0 saturated carbocycles. The molecular weight excluding hydrogens is 902 g/mol. The Labute approximate surface area is 427 Å². The number of aromatic nitrogens is 2. The molecule has 8 heteroatoms. The molecule has 4 aliphatic heterocycles. The molecule has 0 amide bonds. The molecule has 0 aliphatic carbocycles. The van der Waals surface area contributed by atoms with E-state index in [2.05, 4.69) is 262 Å². The second-order valence-corrected chi connectivity index (χ2v) is 20.0. The lowest BCUT2D eigenvalue weighted by Gasteiger charge is -2.42. The van der Waals surface area contributed by atoms with Crippen LogP contribution in [-0.4, -0.2) is 22.6 Å². The zero-order valence-electron chi connectivity index (χ0n) is 39.9. The number of para-hydroxylation sites is 8. The summed E-state index contributed by atoms with van der Waals surface area (Å²) in [6, 6.07) is 88.2. The van der Waals surface area contributed by atoms with Gasteiger partial charge in [-0.05, 0) is 100 Å². The molecule has 0 unspecified atom stereocenters. The van der Waals surface area contributed by atoms with E-state index in [0.29, 0.717) is 0 Å². The van der Waals surface area contributed by atoms with Crippen LogP contribution in [0.2, 0.25) is 0 Å². The minimum atomic E-state index is -0.149. The number of ether oxygens (including phenoxy) is 2. The lowest BCUT2D eigenvalue weighted by atomic mass is 9.31. The van der Waals surface area contributed by atoms with Crippen LogP contribution in [-0.2, 0) is 0 Å². The van der Waals surface area contributed by atoms with E-state index in [1.807, 2.05) is 0 Å². The van der Waals surface area contributed by atoms with E-state index >= 15 is 0 Å². The van der Waals surface area contributed by atoms with E-state index in [1.165, 1.54) is 65.7 Å². The maximum atomic E-state index is 7.44. The standard InChI is InChI=1S/C66H40B2N4O2/c1-4-19-41(20-5-1)69(42-21-6-2-7-22-42)45-37-62-65-63(38-45)74-61-40-57-52(39-53(61)67(65)50-29-13-17-34-60(50)73-62)68-51-30-18-28-49-48-27-12-16-33-56(48)72(66(49)51)59-36-44(35-58(64(59)68)70(57)43-23-8-3-9-24-43)71-54-31-14-10-25-46(54)47-26-11-15-32-55(47)71/h1-40H. The first kappa shape index (κ1) is 40.0. The first-order valence-corrected chi connectivity index (χ1v) is 25.5. The van der Waals surface area contributed by atoms with E-state index in [9.17, 15) is 0 Å². The Morgan fingerprint density at radius 3 is 1.53 bits per heavy atom. The van der Waals surface area contributed by atoms with Crippen LogP contribution in [0.25, 0.3) is 55.0 Å².